The molecule has 1 unspecified atom stereocenters. The Hall–Kier alpha value is -3.16. The molecule has 2 aliphatic heterocycles. The Morgan fingerprint density at radius 3 is 2.80 bits per heavy atom. The van der Waals surface area contributed by atoms with E-state index in [2.05, 4.69) is 29.0 Å². The molecular formula is C22H27N5O3. The van der Waals surface area contributed by atoms with E-state index in [0.29, 0.717) is 42.4 Å². The Labute approximate surface area is 176 Å². The number of rotatable bonds is 5. The van der Waals surface area contributed by atoms with Crippen LogP contribution in [-0.4, -0.2) is 47.4 Å². The summed E-state index contributed by atoms with van der Waals surface area (Å²) in [4.78, 5) is 37.6. The van der Waals surface area contributed by atoms with Crippen LogP contribution in [0.3, 0.4) is 0 Å². The van der Waals surface area contributed by atoms with Crippen molar-refractivity contribution in [1.82, 2.24) is 9.97 Å². The minimum atomic E-state index is -0.257. The van der Waals surface area contributed by atoms with Crippen LogP contribution >= 0.6 is 0 Å². The van der Waals surface area contributed by atoms with Crippen LogP contribution in [0.15, 0.2) is 18.3 Å². The number of hydrogen-bond donors (Lipinski definition) is 1. The summed E-state index contributed by atoms with van der Waals surface area (Å²) < 4.78 is 5.80. The summed E-state index contributed by atoms with van der Waals surface area (Å²) in [5.74, 6) is 1.91. The molecule has 0 fully saturated rings. The number of ketones is 1. The van der Waals surface area contributed by atoms with E-state index < -0.39 is 0 Å². The zero-order chi connectivity index (χ0) is 21.6. The summed E-state index contributed by atoms with van der Waals surface area (Å²) in [5, 5.41) is 3.25. The van der Waals surface area contributed by atoms with Crippen LogP contribution in [-0.2, 0) is 11.2 Å². The summed E-state index contributed by atoms with van der Waals surface area (Å²) >= 11 is 0. The number of benzene rings is 1. The van der Waals surface area contributed by atoms with Gasteiger partial charge in [0, 0.05) is 30.6 Å². The average Bonchev–Trinajstić information content (AvgIpc) is 3.20. The lowest BCUT2D eigenvalue weighted by Gasteiger charge is -2.42. The largest absolute Gasteiger partial charge is 0.491 e. The smallest absolute Gasteiger partial charge is 0.249 e. The van der Waals surface area contributed by atoms with Crippen LogP contribution in [0.1, 0.15) is 50.0 Å². The molecule has 1 amide bonds. The van der Waals surface area contributed by atoms with Crippen molar-refractivity contribution in [2.75, 3.05) is 28.8 Å². The van der Waals surface area contributed by atoms with Crippen molar-refractivity contribution in [3.8, 4) is 5.75 Å². The normalized spacial score (nSPS) is 17.7. The second kappa shape index (κ2) is 7.59. The number of nitrogens with zero attached hydrogens (tertiary/aromatic N) is 4. The zero-order valence-electron chi connectivity index (χ0n) is 18.0. The summed E-state index contributed by atoms with van der Waals surface area (Å²) in [6.45, 7) is 8.24. The molecule has 0 saturated carbocycles. The molecule has 1 aromatic heterocycles. The van der Waals surface area contributed by atoms with Crippen molar-refractivity contribution in [2.24, 2.45) is 0 Å². The van der Waals surface area contributed by atoms with Gasteiger partial charge >= 0.3 is 0 Å². The number of amides is 1. The highest BCUT2D eigenvalue weighted by molar-refractivity contribution is 6.04. The molecule has 30 heavy (non-hydrogen) atoms. The first-order chi connectivity index (χ1) is 14.3. The maximum Gasteiger partial charge on any atom is 0.249 e. The molecule has 0 saturated heterocycles. The van der Waals surface area contributed by atoms with Gasteiger partial charge in [0.2, 0.25) is 11.9 Å². The molecule has 3 heterocycles. The van der Waals surface area contributed by atoms with Gasteiger partial charge in [-0.3, -0.25) is 9.59 Å². The topological polar surface area (TPSA) is 87.7 Å². The van der Waals surface area contributed by atoms with Gasteiger partial charge in [-0.05, 0) is 39.3 Å². The van der Waals surface area contributed by atoms with E-state index in [9.17, 15) is 9.59 Å². The average molecular weight is 409 g/mol. The van der Waals surface area contributed by atoms with E-state index in [1.54, 1.807) is 25.1 Å². The molecule has 8 nitrogen and oxygen atoms in total. The molecule has 0 bridgehead atoms. The number of anilines is 4. The summed E-state index contributed by atoms with van der Waals surface area (Å²) in [7, 11) is 1.76. The van der Waals surface area contributed by atoms with Crippen molar-refractivity contribution < 1.29 is 14.3 Å². The standard InChI is InChI=1S/C22H27N5O3/c1-6-17-21(29)26(5)18-11-23-22(25-20(18)27(17)12(2)3)24-16-8-7-14(13(4)28)15-9-10-30-19(15)16/h7-8,11-12,17H,6,9-10H2,1-5H3,(H,23,24,25). The van der Waals surface area contributed by atoms with Gasteiger partial charge in [0.1, 0.15) is 17.5 Å². The number of fused-ring (bicyclic) bond motifs is 2. The summed E-state index contributed by atoms with van der Waals surface area (Å²) in [5.41, 5.74) is 3.04. The quantitative estimate of drug-likeness (QED) is 0.758. The molecule has 1 aromatic carbocycles. The van der Waals surface area contributed by atoms with Gasteiger partial charge in [0.05, 0.1) is 18.5 Å². The van der Waals surface area contributed by atoms with E-state index >= 15 is 0 Å². The number of nitrogens with one attached hydrogen (secondary N) is 1. The molecule has 0 radical (unpaired) electrons. The third-order valence-electron chi connectivity index (χ3n) is 5.74. The number of carbonyl (C=O) groups is 2. The maximum absolute atomic E-state index is 12.8. The van der Waals surface area contributed by atoms with Gasteiger partial charge in [0.15, 0.2) is 11.6 Å². The van der Waals surface area contributed by atoms with Crippen molar-refractivity contribution in [2.45, 2.75) is 52.6 Å². The Morgan fingerprint density at radius 1 is 1.37 bits per heavy atom. The predicted octanol–water partition coefficient (Wildman–Crippen LogP) is 3.33. The lowest BCUT2D eigenvalue weighted by molar-refractivity contribution is -0.120. The molecule has 0 aliphatic carbocycles. The Bertz CT molecular complexity index is 1020. The molecule has 158 valence electrons. The number of carbonyl (C=O) groups excluding carboxylic acids is 2. The minimum Gasteiger partial charge on any atom is -0.491 e. The van der Waals surface area contributed by atoms with E-state index in [1.807, 2.05) is 19.1 Å². The minimum absolute atomic E-state index is 0.0271. The van der Waals surface area contributed by atoms with Gasteiger partial charge in [0.25, 0.3) is 0 Å². The second-order valence-corrected chi connectivity index (χ2v) is 7.97. The van der Waals surface area contributed by atoms with Crippen molar-refractivity contribution >= 4 is 34.8 Å². The second-order valence-electron chi connectivity index (χ2n) is 7.97. The highest BCUT2D eigenvalue weighted by atomic mass is 16.5. The first-order valence-corrected chi connectivity index (χ1v) is 10.3. The van der Waals surface area contributed by atoms with Gasteiger partial charge in [-0.2, -0.15) is 4.98 Å². The van der Waals surface area contributed by atoms with Crippen LogP contribution in [0.5, 0.6) is 5.75 Å². The van der Waals surface area contributed by atoms with E-state index in [-0.39, 0.29) is 23.8 Å². The van der Waals surface area contributed by atoms with Gasteiger partial charge < -0.3 is 19.9 Å². The monoisotopic (exact) mass is 409 g/mol. The number of likely N-dealkylation sites (N-methyl/N-ethyl adjacent to an activating group) is 1. The fraction of sp³-hybridized carbons (Fsp3) is 0.455. The zero-order valence-corrected chi connectivity index (χ0v) is 18.0. The first kappa shape index (κ1) is 20.1. The third kappa shape index (κ3) is 3.16. The van der Waals surface area contributed by atoms with Crippen molar-refractivity contribution in [1.29, 1.82) is 0 Å². The van der Waals surface area contributed by atoms with Crippen LogP contribution in [0.25, 0.3) is 0 Å². The van der Waals surface area contributed by atoms with Gasteiger partial charge in [-0.1, -0.05) is 6.92 Å². The van der Waals surface area contributed by atoms with E-state index in [1.165, 1.54) is 0 Å². The number of ether oxygens (including phenoxy) is 1. The van der Waals surface area contributed by atoms with Crippen LogP contribution in [0, 0.1) is 0 Å². The fourth-order valence-electron chi connectivity index (χ4n) is 4.28. The highest BCUT2D eigenvalue weighted by Gasteiger charge is 2.38. The van der Waals surface area contributed by atoms with Gasteiger partial charge in [-0.15, -0.1) is 0 Å². The number of aromatic nitrogens is 2. The summed E-state index contributed by atoms with van der Waals surface area (Å²) in [6, 6.07) is 3.49. The Morgan fingerprint density at radius 2 is 2.13 bits per heavy atom. The van der Waals surface area contributed by atoms with Crippen molar-refractivity contribution in [3.63, 3.8) is 0 Å². The Kier molecular flexibility index (Phi) is 5.09. The Balaban J connectivity index is 1.74. The highest BCUT2D eigenvalue weighted by Crippen LogP contribution is 2.39. The van der Waals surface area contributed by atoms with Crippen LogP contribution < -0.4 is 19.9 Å². The number of hydrogen-bond acceptors (Lipinski definition) is 7. The van der Waals surface area contributed by atoms with E-state index in [0.717, 1.165) is 17.1 Å². The lowest BCUT2D eigenvalue weighted by Crippen LogP contribution is -2.54. The third-order valence-corrected chi connectivity index (χ3v) is 5.74. The molecular weight excluding hydrogens is 382 g/mol. The molecule has 1 N–H and O–H groups in total. The fourth-order valence-corrected chi connectivity index (χ4v) is 4.28. The first-order valence-electron chi connectivity index (χ1n) is 10.3. The molecule has 4 rings (SSSR count). The van der Waals surface area contributed by atoms with Gasteiger partial charge in [-0.25, -0.2) is 4.98 Å². The predicted molar refractivity (Wildman–Crippen MR) is 116 cm³/mol. The van der Waals surface area contributed by atoms with E-state index in [4.69, 9.17) is 9.72 Å². The maximum atomic E-state index is 12.8. The van der Waals surface area contributed by atoms with Crippen LogP contribution in [0.2, 0.25) is 0 Å². The molecule has 1 atom stereocenters. The number of Topliss-reactive ketones (excluding diaryl/α,β-unsaturated/α-hetero) is 1. The summed E-state index contributed by atoms with van der Waals surface area (Å²) in [6.07, 6.45) is 3.08. The molecule has 8 heteroatoms. The molecule has 2 aromatic rings. The molecule has 0 spiro atoms. The molecule has 2 aliphatic rings. The lowest BCUT2D eigenvalue weighted by atomic mass is 10.0. The van der Waals surface area contributed by atoms with Crippen molar-refractivity contribution in [3.05, 3.63) is 29.5 Å². The SMILES string of the molecule is CCC1C(=O)N(C)c2cnc(Nc3ccc(C(C)=O)c4c3OCC4)nc2N1C(C)C. The van der Waals surface area contributed by atoms with Crippen LogP contribution in [0.4, 0.5) is 23.1 Å².